The first-order chi connectivity index (χ1) is 14.0. The van der Waals surface area contributed by atoms with Crippen LogP contribution in [0.15, 0.2) is 53.9 Å². The molecule has 0 radical (unpaired) electrons. The number of benzene rings is 2. The summed E-state index contributed by atoms with van der Waals surface area (Å²) >= 11 is 0. The van der Waals surface area contributed by atoms with Crippen molar-refractivity contribution in [1.29, 1.82) is 5.26 Å². The number of aromatic amines is 1. The lowest BCUT2D eigenvalue weighted by Crippen LogP contribution is -2.35. The summed E-state index contributed by atoms with van der Waals surface area (Å²) in [4.78, 5) is 25.1. The summed E-state index contributed by atoms with van der Waals surface area (Å²) in [6, 6.07) is 11.5. The van der Waals surface area contributed by atoms with Crippen molar-refractivity contribution in [3.8, 4) is 6.07 Å². The monoisotopic (exact) mass is 389 g/mol. The van der Waals surface area contributed by atoms with Gasteiger partial charge in [0, 0.05) is 35.1 Å². The van der Waals surface area contributed by atoms with Gasteiger partial charge in [-0.15, -0.1) is 0 Å². The number of fused-ring (bicyclic) bond motifs is 1. The Balaban J connectivity index is 1.69. The number of nitrogens with one attached hydrogen (secondary N) is 3. The van der Waals surface area contributed by atoms with E-state index in [2.05, 4.69) is 20.8 Å². The molecular formula is C21H16FN5O2. The summed E-state index contributed by atoms with van der Waals surface area (Å²) in [6.07, 6.45) is 1.62. The van der Waals surface area contributed by atoms with E-state index in [0.717, 1.165) is 5.56 Å². The molecule has 8 heteroatoms. The van der Waals surface area contributed by atoms with Crippen LogP contribution in [0.25, 0.3) is 10.9 Å². The van der Waals surface area contributed by atoms with Gasteiger partial charge in [-0.05, 0) is 30.7 Å². The van der Waals surface area contributed by atoms with Crippen LogP contribution in [-0.4, -0.2) is 22.0 Å². The molecule has 2 amide bonds. The van der Waals surface area contributed by atoms with Gasteiger partial charge in [-0.25, -0.2) is 4.39 Å². The smallest absolute Gasteiger partial charge is 0.254 e. The van der Waals surface area contributed by atoms with E-state index in [0.29, 0.717) is 27.7 Å². The van der Waals surface area contributed by atoms with E-state index in [1.165, 1.54) is 18.3 Å². The third-order valence-electron chi connectivity index (χ3n) is 4.93. The molecule has 1 atom stereocenters. The average Bonchev–Trinajstić information content (AvgIpc) is 3.14. The minimum Gasteiger partial charge on any atom is -0.330 e. The van der Waals surface area contributed by atoms with Crippen LogP contribution in [0.3, 0.4) is 0 Å². The van der Waals surface area contributed by atoms with Gasteiger partial charge in [-0.2, -0.15) is 10.4 Å². The molecule has 1 aliphatic rings. The number of halogens is 1. The second kappa shape index (κ2) is 7.20. The number of hydrogen-bond donors (Lipinski definition) is 3. The molecule has 0 saturated heterocycles. The molecule has 0 bridgehead atoms. The lowest BCUT2D eigenvalue weighted by Gasteiger charge is -2.27. The third-order valence-corrected chi connectivity index (χ3v) is 4.93. The Hall–Kier alpha value is -3.99. The number of hydrogen-bond acceptors (Lipinski definition) is 4. The minimum atomic E-state index is -0.594. The highest BCUT2D eigenvalue weighted by molar-refractivity contribution is 6.07. The zero-order valence-corrected chi connectivity index (χ0v) is 15.4. The summed E-state index contributed by atoms with van der Waals surface area (Å²) in [7, 11) is 0. The summed E-state index contributed by atoms with van der Waals surface area (Å²) in [5, 5.41) is 21.5. The average molecular weight is 389 g/mol. The first-order valence-electron chi connectivity index (χ1n) is 8.91. The Bertz CT molecular complexity index is 1200. The maximum absolute atomic E-state index is 14.4. The Morgan fingerprint density at radius 2 is 2.07 bits per heavy atom. The molecule has 0 saturated carbocycles. The predicted molar refractivity (Wildman–Crippen MR) is 104 cm³/mol. The zero-order chi connectivity index (χ0) is 20.5. The van der Waals surface area contributed by atoms with Crippen molar-refractivity contribution in [1.82, 2.24) is 15.5 Å². The standard InChI is InChI=1S/C21H16FN5O2/c1-11-20(15(7-19(28)25-11)13-4-2-12(9-23)3-5-13)21(29)26-18-6-14-10-24-27-17(14)8-16(18)22/h2-6,8,10,15H,7H2,1H3,(H,24,27)(H,25,28)(H,26,29). The Morgan fingerprint density at radius 1 is 1.31 bits per heavy atom. The molecule has 3 N–H and O–H groups in total. The van der Waals surface area contributed by atoms with Crippen molar-refractivity contribution in [2.24, 2.45) is 0 Å². The van der Waals surface area contributed by atoms with Crippen LogP contribution >= 0.6 is 0 Å². The molecule has 144 valence electrons. The quantitative estimate of drug-likeness (QED) is 0.639. The van der Waals surface area contributed by atoms with Crippen LogP contribution in [-0.2, 0) is 9.59 Å². The fourth-order valence-electron chi connectivity index (χ4n) is 3.53. The molecule has 7 nitrogen and oxygen atoms in total. The van der Waals surface area contributed by atoms with Gasteiger partial charge in [0.05, 0.1) is 29.0 Å². The molecule has 3 aromatic rings. The van der Waals surface area contributed by atoms with E-state index in [1.807, 2.05) is 6.07 Å². The van der Waals surface area contributed by atoms with Gasteiger partial charge >= 0.3 is 0 Å². The van der Waals surface area contributed by atoms with E-state index < -0.39 is 17.6 Å². The highest BCUT2D eigenvalue weighted by Gasteiger charge is 2.32. The summed E-state index contributed by atoms with van der Waals surface area (Å²) < 4.78 is 14.4. The highest BCUT2D eigenvalue weighted by Crippen LogP contribution is 2.34. The van der Waals surface area contributed by atoms with Crippen LogP contribution < -0.4 is 10.6 Å². The number of H-pyrrole nitrogens is 1. The molecule has 0 spiro atoms. The minimum absolute atomic E-state index is 0.0275. The number of carbonyl (C=O) groups is 2. The van der Waals surface area contributed by atoms with Gasteiger partial charge < -0.3 is 10.6 Å². The summed E-state index contributed by atoms with van der Waals surface area (Å²) in [5.74, 6) is -1.81. The zero-order valence-electron chi connectivity index (χ0n) is 15.4. The number of aromatic nitrogens is 2. The maximum atomic E-state index is 14.4. The second-order valence-electron chi connectivity index (χ2n) is 6.82. The summed E-state index contributed by atoms with van der Waals surface area (Å²) in [5.41, 5.74) is 2.53. The molecule has 1 aliphatic heterocycles. The first kappa shape index (κ1) is 18.4. The van der Waals surface area contributed by atoms with Gasteiger partial charge in [-0.1, -0.05) is 12.1 Å². The molecule has 2 heterocycles. The lowest BCUT2D eigenvalue weighted by atomic mass is 9.83. The van der Waals surface area contributed by atoms with Crippen LogP contribution in [0.4, 0.5) is 10.1 Å². The Morgan fingerprint density at radius 3 is 2.79 bits per heavy atom. The number of nitrogens with zero attached hydrogens (tertiary/aromatic N) is 2. The van der Waals surface area contributed by atoms with Gasteiger partial charge in [0.1, 0.15) is 5.82 Å². The van der Waals surface area contributed by atoms with Crippen LogP contribution in [0.5, 0.6) is 0 Å². The molecule has 0 fully saturated rings. The summed E-state index contributed by atoms with van der Waals surface area (Å²) in [6.45, 7) is 1.64. The number of rotatable bonds is 3. The van der Waals surface area contributed by atoms with Gasteiger partial charge in [0.15, 0.2) is 0 Å². The van der Waals surface area contributed by atoms with Gasteiger partial charge in [-0.3, -0.25) is 14.7 Å². The number of nitriles is 1. The highest BCUT2D eigenvalue weighted by atomic mass is 19.1. The first-order valence-corrected chi connectivity index (χ1v) is 8.91. The van der Waals surface area contributed by atoms with Crippen molar-refractivity contribution in [3.63, 3.8) is 0 Å². The van der Waals surface area contributed by atoms with Gasteiger partial charge in [0.25, 0.3) is 5.91 Å². The van der Waals surface area contributed by atoms with E-state index in [1.54, 1.807) is 31.2 Å². The fraction of sp³-hybridized carbons (Fsp3) is 0.143. The van der Waals surface area contributed by atoms with E-state index in [9.17, 15) is 14.0 Å². The van der Waals surface area contributed by atoms with Crippen LogP contribution in [0.1, 0.15) is 30.4 Å². The Labute approximate surface area is 165 Å². The molecule has 29 heavy (non-hydrogen) atoms. The number of carbonyl (C=O) groups excluding carboxylic acids is 2. The van der Waals surface area contributed by atoms with Crippen molar-refractivity contribution >= 4 is 28.4 Å². The van der Waals surface area contributed by atoms with E-state index >= 15 is 0 Å². The van der Waals surface area contributed by atoms with Gasteiger partial charge in [0.2, 0.25) is 5.91 Å². The van der Waals surface area contributed by atoms with E-state index in [4.69, 9.17) is 5.26 Å². The fourth-order valence-corrected chi connectivity index (χ4v) is 3.53. The number of amides is 2. The Kier molecular flexibility index (Phi) is 4.56. The lowest BCUT2D eigenvalue weighted by molar-refractivity contribution is -0.121. The van der Waals surface area contributed by atoms with Crippen molar-refractivity contribution in [3.05, 3.63) is 70.8 Å². The molecule has 2 aromatic carbocycles. The largest absolute Gasteiger partial charge is 0.330 e. The molecule has 1 unspecified atom stereocenters. The van der Waals surface area contributed by atoms with Crippen molar-refractivity contribution in [2.75, 3.05) is 5.32 Å². The molecule has 1 aromatic heterocycles. The SMILES string of the molecule is CC1=C(C(=O)Nc2cc3cn[nH]c3cc2F)C(c2ccc(C#N)cc2)CC(=O)N1. The predicted octanol–water partition coefficient (Wildman–Crippen LogP) is 3.09. The third kappa shape index (κ3) is 3.46. The van der Waals surface area contributed by atoms with E-state index in [-0.39, 0.29) is 18.0 Å². The van der Waals surface area contributed by atoms with Crippen LogP contribution in [0, 0.1) is 17.1 Å². The van der Waals surface area contributed by atoms with Crippen molar-refractivity contribution in [2.45, 2.75) is 19.3 Å². The van der Waals surface area contributed by atoms with Crippen molar-refractivity contribution < 1.29 is 14.0 Å². The maximum Gasteiger partial charge on any atom is 0.254 e. The van der Waals surface area contributed by atoms with Crippen LogP contribution in [0.2, 0.25) is 0 Å². The second-order valence-corrected chi connectivity index (χ2v) is 6.82. The molecule has 0 aliphatic carbocycles. The molecular weight excluding hydrogens is 373 g/mol. The topological polar surface area (TPSA) is 111 Å². The normalized spacial score (nSPS) is 16.4. The number of anilines is 1. The molecule has 4 rings (SSSR count). The number of allylic oxidation sites excluding steroid dienone is 1.